The van der Waals surface area contributed by atoms with Crippen molar-refractivity contribution in [3.05, 3.63) is 64.9 Å². The first-order chi connectivity index (χ1) is 13.4. The Bertz CT molecular complexity index is 818. The first-order valence-electron chi connectivity index (χ1n) is 9.87. The number of allylic oxidation sites excluding steroid dienone is 2. The number of methoxy groups -OCH3 is 1. The van der Waals surface area contributed by atoms with Gasteiger partial charge in [-0.2, -0.15) is 8.78 Å². The Kier molecular flexibility index (Phi) is 6.21. The topological polar surface area (TPSA) is 18.5 Å². The summed E-state index contributed by atoms with van der Waals surface area (Å²) in [5.41, 5.74) is 1.23. The van der Waals surface area contributed by atoms with Crippen LogP contribution in [0.3, 0.4) is 0 Å². The minimum Gasteiger partial charge on any atom is -0.494 e. The molecule has 0 unspecified atom stereocenters. The van der Waals surface area contributed by atoms with Crippen molar-refractivity contribution < 1.29 is 22.6 Å². The summed E-state index contributed by atoms with van der Waals surface area (Å²) < 4.78 is 54.2. The van der Waals surface area contributed by atoms with E-state index in [9.17, 15) is 13.2 Å². The maximum Gasteiger partial charge on any atom is 0.207 e. The fourth-order valence-electron chi connectivity index (χ4n) is 4.29. The van der Waals surface area contributed by atoms with Gasteiger partial charge in [-0.25, -0.2) is 4.39 Å². The quantitative estimate of drug-likeness (QED) is 0.509. The van der Waals surface area contributed by atoms with Gasteiger partial charge in [0.1, 0.15) is 0 Å². The zero-order valence-corrected chi connectivity index (χ0v) is 16.5. The van der Waals surface area contributed by atoms with Crippen molar-refractivity contribution in [2.24, 2.45) is 5.92 Å². The molecule has 0 radical (unpaired) electrons. The van der Waals surface area contributed by atoms with Crippen molar-refractivity contribution >= 4 is 0 Å². The van der Waals surface area contributed by atoms with E-state index in [1.165, 1.54) is 13.5 Å². The molecule has 1 aliphatic heterocycles. The third kappa shape index (κ3) is 3.85. The van der Waals surface area contributed by atoms with E-state index in [1.807, 2.05) is 0 Å². The normalized spacial score (nSPS) is 23.7. The van der Waals surface area contributed by atoms with E-state index >= 15 is 0 Å². The van der Waals surface area contributed by atoms with Gasteiger partial charge in [0.25, 0.3) is 0 Å². The predicted octanol–water partition coefficient (Wildman–Crippen LogP) is 6.87. The van der Waals surface area contributed by atoms with Crippen LogP contribution in [0, 0.1) is 17.6 Å². The number of hydrogen-bond donors (Lipinski definition) is 0. The zero-order chi connectivity index (χ0) is 20.4. The van der Waals surface area contributed by atoms with Gasteiger partial charge in [-0.3, -0.25) is 0 Å². The number of ether oxygens (including phenoxy) is 2. The van der Waals surface area contributed by atoms with Crippen LogP contribution >= 0.6 is 0 Å². The van der Waals surface area contributed by atoms with Crippen molar-refractivity contribution in [2.75, 3.05) is 7.11 Å². The Morgan fingerprint density at radius 1 is 1.21 bits per heavy atom. The second-order valence-corrected chi connectivity index (χ2v) is 7.74. The summed E-state index contributed by atoms with van der Waals surface area (Å²) in [5, 5.41) is 0. The van der Waals surface area contributed by atoms with Crippen LogP contribution < -0.4 is 4.74 Å². The maximum absolute atomic E-state index is 14.8. The monoisotopic (exact) mass is 392 g/mol. The van der Waals surface area contributed by atoms with Gasteiger partial charge in [0, 0.05) is 12.0 Å². The highest BCUT2D eigenvalue weighted by molar-refractivity contribution is 5.51. The molecule has 152 valence electrons. The van der Waals surface area contributed by atoms with E-state index < -0.39 is 17.5 Å². The molecule has 1 heterocycles. The molecule has 0 aromatic heterocycles. The van der Waals surface area contributed by atoms with E-state index in [4.69, 9.17) is 9.47 Å². The molecule has 1 fully saturated rings. The standard InChI is InChI=1S/C23H27F3O2/c1-5-6-15-7-9-16(10-8-15)18-12-17-11-13(2)22(19(24)14(3)27-4)28-23(17)21(26)20(18)25/h12,15-16H,2-3,5-11H2,1,4H3/b22-19-. The highest BCUT2D eigenvalue weighted by Crippen LogP contribution is 2.44. The lowest BCUT2D eigenvalue weighted by Gasteiger charge is -2.30. The molecule has 3 rings (SSSR count). The van der Waals surface area contributed by atoms with Crippen LogP contribution in [0.5, 0.6) is 5.75 Å². The van der Waals surface area contributed by atoms with Crippen molar-refractivity contribution in [2.45, 2.75) is 57.8 Å². The van der Waals surface area contributed by atoms with Crippen LogP contribution in [-0.2, 0) is 11.2 Å². The Morgan fingerprint density at radius 2 is 1.89 bits per heavy atom. The lowest BCUT2D eigenvalue weighted by atomic mass is 9.76. The van der Waals surface area contributed by atoms with Gasteiger partial charge >= 0.3 is 0 Å². The van der Waals surface area contributed by atoms with Crippen LogP contribution in [0.1, 0.15) is 62.5 Å². The van der Waals surface area contributed by atoms with Gasteiger partial charge in [0.2, 0.25) is 11.6 Å². The summed E-state index contributed by atoms with van der Waals surface area (Å²) in [7, 11) is 1.27. The SMILES string of the molecule is C=C(OC)/C(F)=C1/Oc2c(cc(C3CCC(CCC)CC3)c(F)c2F)CC1=C. The second kappa shape index (κ2) is 8.46. The van der Waals surface area contributed by atoms with E-state index in [0.29, 0.717) is 22.6 Å². The maximum atomic E-state index is 14.8. The number of fused-ring (bicyclic) bond motifs is 1. The largest absolute Gasteiger partial charge is 0.494 e. The molecule has 2 aliphatic rings. The van der Waals surface area contributed by atoms with E-state index in [2.05, 4.69) is 20.1 Å². The van der Waals surface area contributed by atoms with Crippen LogP contribution in [-0.4, -0.2) is 7.11 Å². The molecular formula is C23H27F3O2. The third-order valence-electron chi connectivity index (χ3n) is 5.87. The van der Waals surface area contributed by atoms with Gasteiger partial charge in [-0.05, 0) is 54.7 Å². The van der Waals surface area contributed by atoms with Crippen LogP contribution in [0.15, 0.2) is 42.1 Å². The minimum absolute atomic E-state index is 0.00288. The Hall–Kier alpha value is -2.17. The highest BCUT2D eigenvalue weighted by Gasteiger charge is 2.32. The predicted molar refractivity (Wildman–Crippen MR) is 104 cm³/mol. The average molecular weight is 392 g/mol. The van der Waals surface area contributed by atoms with Gasteiger partial charge < -0.3 is 9.47 Å². The van der Waals surface area contributed by atoms with Crippen molar-refractivity contribution in [1.29, 1.82) is 0 Å². The van der Waals surface area contributed by atoms with E-state index in [-0.39, 0.29) is 29.6 Å². The van der Waals surface area contributed by atoms with Gasteiger partial charge in [-0.15, -0.1) is 0 Å². The Morgan fingerprint density at radius 3 is 2.50 bits per heavy atom. The summed E-state index contributed by atoms with van der Waals surface area (Å²) in [6.45, 7) is 9.42. The fraction of sp³-hybridized carbons (Fsp3) is 0.478. The van der Waals surface area contributed by atoms with Crippen LogP contribution in [0.4, 0.5) is 13.2 Å². The summed E-state index contributed by atoms with van der Waals surface area (Å²) in [6.07, 6.45) is 6.32. The van der Waals surface area contributed by atoms with Crippen molar-refractivity contribution in [1.82, 2.24) is 0 Å². The number of rotatable bonds is 5. The number of benzene rings is 1. The molecule has 0 spiro atoms. The van der Waals surface area contributed by atoms with E-state index in [0.717, 1.165) is 32.1 Å². The van der Waals surface area contributed by atoms with Gasteiger partial charge in [0.05, 0.1) is 7.11 Å². The molecular weight excluding hydrogens is 365 g/mol. The Labute approximate surface area is 164 Å². The molecule has 0 N–H and O–H groups in total. The lowest BCUT2D eigenvalue weighted by Crippen LogP contribution is -2.18. The molecule has 1 aromatic rings. The van der Waals surface area contributed by atoms with Gasteiger partial charge in [-0.1, -0.05) is 32.9 Å². The Balaban J connectivity index is 1.91. The summed E-state index contributed by atoms with van der Waals surface area (Å²) in [5.74, 6) is -2.92. The summed E-state index contributed by atoms with van der Waals surface area (Å²) >= 11 is 0. The number of hydrogen-bond acceptors (Lipinski definition) is 2. The molecule has 1 aliphatic carbocycles. The second-order valence-electron chi connectivity index (χ2n) is 7.74. The first kappa shape index (κ1) is 20.6. The molecule has 28 heavy (non-hydrogen) atoms. The lowest BCUT2D eigenvalue weighted by molar-refractivity contribution is 0.271. The molecule has 2 nitrogen and oxygen atoms in total. The smallest absolute Gasteiger partial charge is 0.207 e. The molecule has 0 amide bonds. The number of halogens is 3. The molecule has 1 aromatic carbocycles. The third-order valence-corrected chi connectivity index (χ3v) is 5.87. The molecule has 5 heteroatoms. The summed E-state index contributed by atoms with van der Waals surface area (Å²) in [4.78, 5) is 0. The molecule has 0 atom stereocenters. The minimum atomic E-state index is -1.07. The van der Waals surface area contributed by atoms with Gasteiger partial charge in [0.15, 0.2) is 23.1 Å². The zero-order valence-electron chi connectivity index (χ0n) is 16.5. The van der Waals surface area contributed by atoms with Crippen molar-refractivity contribution in [3.8, 4) is 5.75 Å². The molecule has 0 saturated heterocycles. The summed E-state index contributed by atoms with van der Waals surface area (Å²) in [6, 6.07) is 1.67. The first-order valence-corrected chi connectivity index (χ1v) is 9.87. The van der Waals surface area contributed by atoms with E-state index in [1.54, 1.807) is 6.07 Å². The molecule has 0 bridgehead atoms. The molecule has 1 saturated carbocycles. The van der Waals surface area contributed by atoms with Crippen LogP contribution in [0.25, 0.3) is 0 Å². The van der Waals surface area contributed by atoms with Crippen molar-refractivity contribution in [3.63, 3.8) is 0 Å². The fourth-order valence-corrected chi connectivity index (χ4v) is 4.29. The van der Waals surface area contributed by atoms with Crippen LogP contribution in [0.2, 0.25) is 0 Å². The highest BCUT2D eigenvalue weighted by atomic mass is 19.2. The average Bonchev–Trinajstić information content (AvgIpc) is 2.70.